The average molecular weight is 479 g/mol. The van der Waals surface area contributed by atoms with E-state index in [1.165, 1.54) is 38.0 Å². The second kappa shape index (κ2) is 12.9. The van der Waals surface area contributed by atoms with E-state index < -0.39 is 0 Å². The molecule has 2 N–H and O–H groups in total. The van der Waals surface area contributed by atoms with Crippen molar-refractivity contribution in [1.29, 1.82) is 0 Å². The highest BCUT2D eigenvalue weighted by Crippen LogP contribution is 2.25. The third-order valence-electron chi connectivity index (χ3n) is 6.35. The average Bonchev–Trinajstić information content (AvgIpc) is 2.89. The molecule has 3 heterocycles. The van der Waals surface area contributed by atoms with Crippen molar-refractivity contribution in [2.24, 2.45) is 0 Å². The van der Waals surface area contributed by atoms with Gasteiger partial charge in [0.1, 0.15) is 5.69 Å². The van der Waals surface area contributed by atoms with Crippen LogP contribution in [0.15, 0.2) is 54.7 Å². The van der Waals surface area contributed by atoms with Gasteiger partial charge >= 0.3 is 0 Å². The molecule has 7 heteroatoms. The number of aryl methyl sites for hydroxylation is 2. The topological polar surface area (TPSA) is 66.0 Å². The molecule has 0 unspecified atom stereocenters. The minimum Gasteiger partial charge on any atom is -0.314 e. The van der Waals surface area contributed by atoms with E-state index >= 15 is 0 Å². The molecule has 0 radical (unpaired) electrons. The molecule has 1 atom stereocenters. The van der Waals surface area contributed by atoms with Crippen LogP contribution in [0.4, 0.5) is 0 Å². The molecule has 180 valence electrons. The summed E-state index contributed by atoms with van der Waals surface area (Å²) in [6, 6.07) is 16.7. The van der Waals surface area contributed by atoms with E-state index in [1.54, 1.807) is 6.20 Å². The van der Waals surface area contributed by atoms with Crippen molar-refractivity contribution in [3.05, 3.63) is 76.7 Å². The number of hydrogen-bond donors (Lipinski definition) is 2. The molecule has 0 saturated carbocycles. The second-order valence-electron chi connectivity index (χ2n) is 8.86. The van der Waals surface area contributed by atoms with Gasteiger partial charge in [-0.2, -0.15) is 0 Å². The lowest BCUT2D eigenvalue weighted by Gasteiger charge is -2.27. The zero-order valence-corrected chi connectivity index (χ0v) is 20.8. The smallest absolute Gasteiger partial charge is 0.178 e. The van der Waals surface area contributed by atoms with Crippen molar-refractivity contribution in [3.63, 3.8) is 0 Å². The minimum absolute atomic E-state index is 0.255. The number of benzene rings is 1. The number of hydrogen-bond acceptors (Lipinski definition) is 6. The third-order valence-corrected chi connectivity index (χ3v) is 6.84. The van der Waals surface area contributed by atoms with E-state index in [4.69, 9.17) is 16.6 Å². The number of nitrogens with zero attached hydrogens (tertiary/aromatic N) is 4. The van der Waals surface area contributed by atoms with E-state index in [0.29, 0.717) is 10.8 Å². The quantitative estimate of drug-likeness (QED) is 0.397. The molecule has 6 nitrogen and oxygen atoms in total. The van der Waals surface area contributed by atoms with E-state index in [2.05, 4.69) is 55.8 Å². The normalized spacial score (nSPS) is 15.4. The molecule has 4 rings (SSSR count). The van der Waals surface area contributed by atoms with Gasteiger partial charge in [-0.1, -0.05) is 48.0 Å². The van der Waals surface area contributed by atoms with Crippen LogP contribution in [0.3, 0.4) is 0 Å². The Morgan fingerprint density at radius 3 is 2.59 bits per heavy atom. The van der Waals surface area contributed by atoms with Crippen molar-refractivity contribution in [3.8, 4) is 11.5 Å². The summed E-state index contributed by atoms with van der Waals surface area (Å²) in [5.41, 5.74) is 3.75. The predicted octanol–water partition coefficient (Wildman–Crippen LogP) is 4.45. The van der Waals surface area contributed by atoms with Gasteiger partial charge in [0, 0.05) is 38.4 Å². The Labute approximate surface area is 208 Å². The Balaban J connectivity index is 1.37. The van der Waals surface area contributed by atoms with Gasteiger partial charge < -0.3 is 15.5 Å². The van der Waals surface area contributed by atoms with Gasteiger partial charge in [-0.25, -0.2) is 9.97 Å². The second-order valence-corrected chi connectivity index (χ2v) is 9.24. The maximum absolute atomic E-state index is 6.63. The molecular formula is C27H35ClN6. The molecule has 3 aromatic rings. The lowest BCUT2D eigenvalue weighted by Crippen LogP contribution is -2.43. The van der Waals surface area contributed by atoms with Crippen LogP contribution >= 0.6 is 11.6 Å². The van der Waals surface area contributed by atoms with Crippen molar-refractivity contribution < 1.29 is 0 Å². The monoisotopic (exact) mass is 478 g/mol. The fourth-order valence-corrected chi connectivity index (χ4v) is 4.60. The van der Waals surface area contributed by atoms with Gasteiger partial charge in [0.2, 0.25) is 0 Å². The van der Waals surface area contributed by atoms with Gasteiger partial charge in [-0.3, -0.25) is 4.98 Å². The largest absolute Gasteiger partial charge is 0.314 e. The molecule has 1 aromatic carbocycles. The molecule has 0 amide bonds. The summed E-state index contributed by atoms with van der Waals surface area (Å²) in [6.07, 6.45) is 5.85. The summed E-state index contributed by atoms with van der Waals surface area (Å²) >= 11 is 6.63. The van der Waals surface area contributed by atoms with Gasteiger partial charge in [0.15, 0.2) is 5.82 Å². The summed E-state index contributed by atoms with van der Waals surface area (Å²) < 4.78 is 0. The Morgan fingerprint density at radius 1 is 1.03 bits per heavy atom. The summed E-state index contributed by atoms with van der Waals surface area (Å²) in [6.45, 7) is 8.68. The van der Waals surface area contributed by atoms with E-state index in [-0.39, 0.29) is 6.04 Å². The molecule has 0 bridgehead atoms. The Kier molecular flexibility index (Phi) is 9.39. The Bertz CT molecular complexity index is 1010. The van der Waals surface area contributed by atoms with E-state index in [0.717, 1.165) is 49.6 Å². The molecule has 1 aliphatic heterocycles. The summed E-state index contributed by atoms with van der Waals surface area (Å²) in [4.78, 5) is 16.3. The first-order valence-corrected chi connectivity index (χ1v) is 12.7. The predicted molar refractivity (Wildman–Crippen MR) is 139 cm³/mol. The van der Waals surface area contributed by atoms with E-state index in [9.17, 15) is 0 Å². The summed E-state index contributed by atoms with van der Waals surface area (Å²) in [7, 11) is 0. The Morgan fingerprint density at radius 2 is 1.82 bits per heavy atom. The molecule has 0 aliphatic carbocycles. The Hall–Kier alpha value is -2.38. The van der Waals surface area contributed by atoms with Gasteiger partial charge in [0.25, 0.3) is 0 Å². The lowest BCUT2D eigenvalue weighted by atomic mass is 10.0. The number of piperazine rings is 1. The van der Waals surface area contributed by atoms with Crippen LogP contribution in [0, 0.1) is 6.92 Å². The fraction of sp³-hybridized carbons (Fsp3) is 0.444. The number of aromatic nitrogens is 3. The fourth-order valence-electron chi connectivity index (χ4n) is 4.42. The third kappa shape index (κ3) is 7.06. The summed E-state index contributed by atoms with van der Waals surface area (Å²) in [5, 5.41) is 7.87. The molecule has 2 aromatic heterocycles. The maximum Gasteiger partial charge on any atom is 0.178 e. The number of rotatable bonds is 11. The van der Waals surface area contributed by atoms with Crippen LogP contribution in [0.5, 0.6) is 0 Å². The number of halogens is 1. The van der Waals surface area contributed by atoms with Gasteiger partial charge in [-0.05, 0) is 63.4 Å². The molecule has 1 saturated heterocycles. The number of pyridine rings is 1. The van der Waals surface area contributed by atoms with E-state index in [1.807, 2.05) is 25.1 Å². The molecule has 1 fully saturated rings. The first kappa shape index (κ1) is 24.7. The molecule has 1 aliphatic rings. The van der Waals surface area contributed by atoms with Crippen LogP contribution in [0.1, 0.15) is 42.3 Å². The number of unbranched alkanes of at least 4 members (excludes halogenated alkanes) is 1. The van der Waals surface area contributed by atoms with Crippen LogP contribution in [0.2, 0.25) is 5.02 Å². The highest BCUT2D eigenvalue weighted by molar-refractivity contribution is 6.31. The molecule has 0 spiro atoms. The SMILES string of the molecule is Cc1nc(-c2ccccn2)nc(CC[C@H](NCCCCN2CCNCC2)c2ccccc2)c1Cl. The van der Waals surface area contributed by atoms with Crippen LogP contribution in [-0.4, -0.2) is 59.1 Å². The van der Waals surface area contributed by atoms with Crippen LogP contribution in [0.25, 0.3) is 11.5 Å². The minimum atomic E-state index is 0.255. The molecular weight excluding hydrogens is 444 g/mol. The number of nitrogens with one attached hydrogen (secondary N) is 2. The van der Waals surface area contributed by atoms with Crippen molar-refractivity contribution in [1.82, 2.24) is 30.5 Å². The van der Waals surface area contributed by atoms with Crippen LogP contribution < -0.4 is 10.6 Å². The molecule has 34 heavy (non-hydrogen) atoms. The summed E-state index contributed by atoms with van der Waals surface area (Å²) in [5.74, 6) is 0.634. The first-order chi connectivity index (χ1) is 16.7. The highest BCUT2D eigenvalue weighted by Gasteiger charge is 2.16. The van der Waals surface area contributed by atoms with Gasteiger partial charge in [0.05, 0.1) is 16.4 Å². The van der Waals surface area contributed by atoms with Crippen LogP contribution in [-0.2, 0) is 6.42 Å². The van der Waals surface area contributed by atoms with Crippen molar-refractivity contribution in [2.75, 3.05) is 39.3 Å². The standard InChI is InChI=1S/C27H35ClN6/c1-21-26(28)24(33-27(32-21)25-11-5-6-14-31-25)13-12-23(22-9-3-2-4-10-22)30-15-7-8-18-34-19-16-29-17-20-34/h2-6,9-11,14,23,29-30H,7-8,12-13,15-20H2,1H3/t23-/m0/s1. The van der Waals surface area contributed by atoms with Crippen molar-refractivity contribution in [2.45, 2.75) is 38.6 Å². The van der Waals surface area contributed by atoms with Crippen molar-refractivity contribution >= 4 is 11.6 Å². The zero-order chi connectivity index (χ0) is 23.6. The van der Waals surface area contributed by atoms with Gasteiger partial charge in [-0.15, -0.1) is 0 Å². The zero-order valence-electron chi connectivity index (χ0n) is 20.0. The first-order valence-electron chi connectivity index (χ1n) is 12.4. The highest BCUT2D eigenvalue weighted by atomic mass is 35.5. The maximum atomic E-state index is 6.63. The lowest BCUT2D eigenvalue weighted by molar-refractivity contribution is 0.236.